The van der Waals surface area contributed by atoms with Crippen molar-refractivity contribution in [3.8, 4) is 5.75 Å². The van der Waals surface area contributed by atoms with Crippen molar-refractivity contribution >= 4 is 17.6 Å². The Labute approximate surface area is 102 Å². The van der Waals surface area contributed by atoms with Crippen LogP contribution in [0.5, 0.6) is 5.75 Å². The van der Waals surface area contributed by atoms with Crippen molar-refractivity contribution in [3.63, 3.8) is 0 Å². The van der Waals surface area contributed by atoms with Crippen LogP contribution < -0.4 is 4.74 Å². The molecule has 1 N–H and O–H groups in total. The molecule has 1 unspecified atom stereocenters. The summed E-state index contributed by atoms with van der Waals surface area (Å²) in [6, 6.07) is 0.940. The lowest BCUT2D eigenvalue weighted by Gasteiger charge is -2.12. The molecule has 0 aliphatic carbocycles. The van der Waals surface area contributed by atoms with Gasteiger partial charge in [-0.2, -0.15) is 0 Å². The number of carbonyl (C=O) groups is 1. The highest BCUT2D eigenvalue weighted by Gasteiger charge is 2.22. The predicted octanol–water partition coefficient (Wildman–Crippen LogP) is 2.89. The second kappa shape index (κ2) is 5.31. The van der Waals surface area contributed by atoms with Gasteiger partial charge in [-0.1, -0.05) is 18.5 Å². The summed E-state index contributed by atoms with van der Waals surface area (Å²) in [6.45, 7) is 1.36. The fraction of sp³-hybridized carbons (Fsp3) is 0.364. The maximum Gasteiger partial charge on any atom is 0.306 e. The number of hydrogen-bond donors (Lipinski definition) is 1. The van der Waals surface area contributed by atoms with Gasteiger partial charge in [0, 0.05) is 11.6 Å². The standard InChI is InChI=1S/C11H11ClF2O3/c1-5(11(15)16)3-6-7(13)4-8(17-2)9(12)10(6)14/h4-5H,3H2,1-2H3,(H,15,16). The lowest BCUT2D eigenvalue weighted by atomic mass is 10.00. The number of methoxy groups -OCH3 is 1. The quantitative estimate of drug-likeness (QED) is 0.851. The molecule has 0 radical (unpaired) electrons. The van der Waals surface area contributed by atoms with Crippen molar-refractivity contribution in [1.29, 1.82) is 0 Å². The smallest absolute Gasteiger partial charge is 0.306 e. The van der Waals surface area contributed by atoms with Crippen LogP contribution in [0, 0.1) is 17.6 Å². The zero-order valence-electron chi connectivity index (χ0n) is 9.26. The molecule has 1 aromatic carbocycles. The van der Waals surface area contributed by atoms with Gasteiger partial charge in [-0.15, -0.1) is 0 Å². The van der Waals surface area contributed by atoms with Crippen LogP contribution in [0.3, 0.4) is 0 Å². The Balaban J connectivity index is 3.17. The average molecular weight is 265 g/mol. The van der Waals surface area contributed by atoms with Crippen LogP contribution in [0.2, 0.25) is 5.02 Å². The number of ether oxygens (including phenoxy) is 1. The van der Waals surface area contributed by atoms with Crippen LogP contribution in [0.15, 0.2) is 6.07 Å². The van der Waals surface area contributed by atoms with Crippen molar-refractivity contribution in [2.45, 2.75) is 13.3 Å². The molecule has 0 bridgehead atoms. The Morgan fingerprint density at radius 1 is 1.59 bits per heavy atom. The molecule has 6 heteroatoms. The predicted molar refractivity (Wildman–Crippen MR) is 58.4 cm³/mol. The van der Waals surface area contributed by atoms with E-state index >= 15 is 0 Å². The summed E-state index contributed by atoms with van der Waals surface area (Å²) in [4.78, 5) is 10.6. The number of hydrogen-bond acceptors (Lipinski definition) is 2. The number of halogens is 3. The maximum absolute atomic E-state index is 13.7. The second-order valence-electron chi connectivity index (χ2n) is 3.61. The Morgan fingerprint density at radius 2 is 2.18 bits per heavy atom. The number of carboxylic acid groups (broad SMARTS) is 1. The van der Waals surface area contributed by atoms with Crippen LogP contribution in [0.25, 0.3) is 0 Å². The number of rotatable bonds is 4. The monoisotopic (exact) mass is 264 g/mol. The third-order valence-electron chi connectivity index (χ3n) is 2.37. The molecular formula is C11H11ClF2O3. The van der Waals surface area contributed by atoms with Gasteiger partial charge in [0.1, 0.15) is 16.6 Å². The number of aliphatic carboxylic acids is 1. The van der Waals surface area contributed by atoms with E-state index in [0.29, 0.717) is 0 Å². The SMILES string of the molecule is COc1cc(F)c(CC(C)C(=O)O)c(F)c1Cl. The van der Waals surface area contributed by atoms with Crippen LogP contribution in [-0.4, -0.2) is 18.2 Å². The van der Waals surface area contributed by atoms with Crippen molar-refractivity contribution in [2.75, 3.05) is 7.11 Å². The van der Waals surface area contributed by atoms with E-state index in [9.17, 15) is 13.6 Å². The molecule has 0 fully saturated rings. The molecule has 0 heterocycles. The summed E-state index contributed by atoms with van der Waals surface area (Å²) in [5, 5.41) is 8.35. The highest BCUT2D eigenvalue weighted by molar-refractivity contribution is 6.32. The first-order chi connectivity index (χ1) is 7.88. The summed E-state index contributed by atoms with van der Waals surface area (Å²) >= 11 is 5.62. The van der Waals surface area contributed by atoms with Gasteiger partial charge in [-0.05, 0) is 6.42 Å². The van der Waals surface area contributed by atoms with E-state index in [1.807, 2.05) is 0 Å². The Bertz CT molecular complexity index is 449. The van der Waals surface area contributed by atoms with E-state index in [1.165, 1.54) is 14.0 Å². The summed E-state index contributed by atoms with van der Waals surface area (Å²) in [5.41, 5.74) is -0.342. The van der Waals surface area contributed by atoms with Gasteiger partial charge < -0.3 is 9.84 Å². The topological polar surface area (TPSA) is 46.5 Å². The third-order valence-corrected chi connectivity index (χ3v) is 2.72. The largest absolute Gasteiger partial charge is 0.495 e. The van der Waals surface area contributed by atoms with Gasteiger partial charge in [0.2, 0.25) is 0 Å². The lowest BCUT2D eigenvalue weighted by Crippen LogP contribution is -2.14. The molecule has 1 aromatic rings. The molecule has 0 spiro atoms. The molecule has 0 aliphatic heterocycles. The number of benzene rings is 1. The molecule has 0 saturated heterocycles. The van der Waals surface area contributed by atoms with E-state index in [4.69, 9.17) is 16.7 Å². The van der Waals surface area contributed by atoms with Crippen molar-refractivity contribution in [3.05, 3.63) is 28.3 Å². The van der Waals surface area contributed by atoms with Crippen molar-refractivity contribution < 1.29 is 23.4 Å². The van der Waals surface area contributed by atoms with Gasteiger partial charge in [0.15, 0.2) is 5.82 Å². The van der Waals surface area contributed by atoms with E-state index < -0.39 is 23.5 Å². The van der Waals surface area contributed by atoms with E-state index in [-0.39, 0.29) is 22.8 Å². The Kier molecular flexibility index (Phi) is 4.28. The van der Waals surface area contributed by atoms with Gasteiger partial charge in [-0.25, -0.2) is 8.78 Å². The molecule has 94 valence electrons. The highest BCUT2D eigenvalue weighted by atomic mass is 35.5. The Hall–Kier alpha value is -1.36. The minimum atomic E-state index is -1.13. The summed E-state index contributed by atoms with van der Waals surface area (Å²) in [7, 11) is 1.24. The van der Waals surface area contributed by atoms with Crippen molar-refractivity contribution in [2.24, 2.45) is 5.92 Å². The van der Waals surface area contributed by atoms with Gasteiger partial charge in [0.05, 0.1) is 13.0 Å². The highest BCUT2D eigenvalue weighted by Crippen LogP contribution is 2.32. The molecule has 1 rings (SSSR count). The fourth-order valence-electron chi connectivity index (χ4n) is 1.34. The molecular weight excluding hydrogens is 254 g/mol. The summed E-state index contributed by atoms with van der Waals surface area (Å²) in [5.74, 6) is -3.99. The fourth-order valence-corrected chi connectivity index (χ4v) is 1.59. The molecule has 0 saturated carbocycles. The third kappa shape index (κ3) is 2.85. The van der Waals surface area contributed by atoms with Crippen molar-refractivity contribution in [1.82, 2.24) is 0 Å². The summed E-state index contributed by atoms with van der Waals surface area (Å²) in [6.07, 6.45) is -0.267. The molecule has 3 nitrogen and oxygen atoms in total. The zero-order chi connectivity index (χ0) is 13.2. The van der Waals surface area contributed by atoms with Crippen LogP contribution >= 0.6 is 11.6 Å². The van der Waals surface area contributed by atoms with Crippen LogP contribution in [-0.2, 0) is 11.2 Å². The first-order valence-corrected chi connectivity index (χ1v) is 5.19. The Morgan fingerprint density at radius 3 is 2.65 bits per heavy atom. The lowest BCUT2D eigenvalue weighted by molar-refractivity contribution is -0.141. The normalized spacial score (nSPS) is 12.3. The summed E-state index contributed by atoms with van der Waals surface area (Å²) < 4.78 is 31.9. The average Bonchev–Trinajstić information content (AvgIpc) is 2.28. The van der Waals surface area contributed by atoms with Crippen LogP contribution in [0.4, 0.5) is 8.78 Å². The first kappa shape index (κ1) is 13.7. The molecule has 0 aliphatic rings. The van der Waals surface area contributed by atoms with E-state index in [2.05, 4.69) is 4.74 Å². The minimum Gasteiger partial charge on any atom is -0.495 e. The number of carboxylic acids is 1. The van der Waals surface area contributed by atoms with E-state index in [0.717, 1.165) is 6.07 Å². The molecule has 1 atom stereocenters. The second-order valence-corrected chi connectivity index (χ2v) is 3.99. The zero-order valence-corrected chi connectivity index (χ0v) is 10.0. The molecule has 17 heavy (non-hydrogen) atoms. The minimum absolute atomic E-state index is 0.117. The van der Waals surface area contributed by atoms with Gasteiger partial charge in [0.25, 0.3) is 0 Å². The molecule has 0 aromatic heterocycles. The van der Waals surface area contributed by atoms with Crippen LogP contribution in [0.1, 0.15) is 12.5 Å². The van der Waals surface area contributed by atoms with Gasteiger partial charge >= 0.3 is 5.97 Å². The van der Waals surface area contributed by atoms with E-state index in [1.54, 1.807) is 0 Å². The first-order valence-electron chi connectivity index (χ1n) is 4.81. The maximum atomic E-state index is 13.7. The van der Waals surface area contributed by atoms with Gasteiger partial charge in [-0.3, -0.25) is 4.79 Å². The molecule has 0 amide bonds.